The molecule has 1 saturated heterocycles. The minimum Gasteiger partial charge on any atom is -0.381 e. The zero-order valence-electron chi connectivity index (χ0n) is 10.7. The first-order valence-electron chi connectivity index (χ1n) is 6.32. The third-order valence-corrected chi connectivity index (χ3v) is 4.86. The summed E-state index contributed by atoms with van der Waals surface area (Å²) in [5, 5.41) is 6.10. The molecule has 2 aromatic rings. The van der Waals surface area contributed by atoms with Gasteiger partial charge in [0.2, 0.25) is 5.89 Å². The van der Waals surface area contributed by atoms with Crippen LogP contribution >= 0.6 is 23.1 Å². The van der Waals surface area contributed by atoms with Crippen LogP contribution in [0.4, 0.5) is 0 Å². The summed E-state index contributed by atoms with van der Waals surface area (Å²) in [6.45, 7) is 3.62. The fraction of sp³-hybridized carbons (Fsp3) is 0.583. The molecule has 3 heterocycles. The van der Waals surface area contributed by atoms with Crippen LogP contribution in [0.15, 0.2) is 14.2 Å². The summed E-state index contributed by atoms with van der Waals surface area (Å²) in [5.41, 5.74) is 0.999. The van der Waals surface area contributed by atoms with Crippen molar-refractivity contribution in [2.24, 2.45) is 0 Å². The Hall–Kier alpha value is -0.920. The topological polar surface area (TPSA) is 61.0 Å². The van der Waals surface area contributed by atoms with Gasteiger partial charge in [-0.25, -0.2) is 4.98 Å². The maximum atomic E-state index is 5.33. The van der Waals surface area contributed by atoms with Crippen molar-refractivity contribution in [1.82, 2.24) is 15.1 Å². The number of hydrogen-bond acceptors (Lipinski definition) is 7. The summed E-state index contributed by atoms with van der Waals surface area (Å²) in [6.07, 6.45) is 1.59. The average molecular weight is 297 g/mol. The monoisotopic (exact) mass is 297 g/mol. The number of rotatable bonds is 5. The molecule has 0 saturated carbocycles. The van der Waals surface area contributed by atoms with Gasteiger partial charge in [0.15, 0.2) is 5.82 Å². The fourth-order valence-electron chi connectivity index (χ4n) is 1.96. The van der Waals surface area contributed by atoms with E-state index in [0.717, 1.165) is 34.6 Å². The predicted octanol–water partition coefficient (Wildman–Crippen LogP) is 2.73. The molecule has 0 aliphatic carbocycles. The van der Waals surface area contributed by atoms with Gasteiger partial charge in [0.05, 0.1) is 18.7 Å². The Balaban J connectivity index is 1.65. The van der Waals surface area contributed by atoms with E-state index in [1.807, 2.05) is 0 Å². The number of hydrogen-bond donors (Lipinski definition) is 0. The molecule has 0 radical (unpaired) electrons. The van der Waals surface area contributed by atoms with E-state index in [9.17, 15) is 0 Å². The Bertz CT molecular complexity index is 535. The highest BCUT2D eigenvalue weighted by atomic mass is 32.2. The molecular weight excluding hydrogens is 282 g/mol. The zero-order chi connectivity index (χ0) is 13.1. The number of ether oxygens (including phenoxy) is 1. The van der Waals surface area contributed by atoms with Crippen molar-refractivity contribution in [2.75, 3.05) is 19.0 Å². The van der Waals surface area contributed by atoms with Gasteiger partial charge in [0, 0.05) is 17.9 Å². The largest absolute Gasteiger partial charge is 0.381 e. The molecule has 5 nitrogen and oxygen atoms in total. The van der Waals surface area contributed by atoms with Crippen molar-refractivity contribution in [1.29, 1.82) is 0 Å². The minimum atomic E-state index is 0.291. The van der Waals surface area contributed by atoms with Crippen LogP contribution in [-0.4, -0.2) is 34.1 Å². The van der Waals surface area contributed by atoms with Gasteiger partial charge in [-0.15, -0.1) is 11.3 Å². The first kappa shape index (κ1) is 13.1. The van der Waals surface area contributed by atoms with Gasteiger partial charge in [-0.2, -0.15) is 4.98 Å². The fourth-order valence-corrected chi connectivity index (χ4v) is 3.70. The highest BCUT2D eigenvalue weighted by Gasteiger charge is 2.23. The van der Waals surface area contributed by atoms with Gasteiger partial charge in [0.1, 0.15) is 4.34 Å². The number of thiazole rings is 1. The van der Waals surface area contributed by atoms with Crippen LogP contribution < -0.4 is 0 Å². The Kier molecular flexibility index (Phi) is 4.15. The Morgan fingerprint density at radius 2 is 2.42 bits per heavy atom. The zero-order valence-corrected chi connectivity index (χ0v) is 12.3. The molecule has 1 atom stereocenters. The molecule has 7 heteroatoms. The number of thioether (sulfide) groups is 1. The summed E-state index contributed by atoms with van der Waals surface area (Å²) in [4.78, 5) is 8.97. The summed E-state index contributed by atoms with van der Waals surface area (Å²) in [5.74, 6) is 2.74. The van der Waals surface area contributed by atoms with E-state index < -0.39 is 0 Å². The van der Waals surface area contributed by atoms with E-state index in [-0.39, 0.29) is 0 Å². The van der Waals surface area contributed by atoms with Gasteiger partial charge in [0.25, 0.3) is 0 Å². The molecule has 102 valence electrons. The van der Waals surface area contributed by atoms with E-state index in [2.05, 4.69) is 27.4 Å². The lowest BCUT2D eigenvalue weighted by Crippen LogP contribution is -2.00. The molecule has 2 aromatic heterocycles. The SMILES string of the molecule is CCSc1nc(Cc2nc([C@H]3CCOC3)no2)cs1. The lowest BCUT2D eigenvalue weighted by molar-refractivity contribution is 0.192. The molecule has 0 amide bonds. The lowest BCUT2D eigenvalue weighted by atomic mass is 10.1. The molecular formula is C12H15N3O2S2. The summed E-state index contributed by atoms with van der Waals surface area (Å²) in [7, 11) is 0. The van der Waals surface area contributed by atoms with Gasteiger partial charge in [-0.3, -0.25) is 0 Å². The molecule has 0 unspecified atom stereocenters. The van der Waals surface area contributed by atoms with Gasteiger partial charge >= 0.3 is 0 Å². The standard InChI is InChI=1S/C12H15N3O2S2/c1-2-18-12-13-9(7-19-12)5-10-14-11(15-17-10)8-3-4-16-6-8/h7-8H,2-6H2,1H3/t8-/m0/s1. The second kappa shape index (κ2) is 6.02. The Morgan fingerprint density at radius 1 is 1.47 bits per heavy atom. The quantitative estimate of drug-likeness (QED) is 0.791. The molecule has 0 aromatic carbocycles. The van der Waals surface area contributed by atoms with Gasteiger partial charge < -0.3 is 9.26 Å². The van der Waals surface area contributed by atoms with Crippen molar-refractivity contribution >= 4 is 23.1 Å². The van der Waals surface area contributed by atoms with Crippen molar-refractivity contribution in [2.45, 2.75) is 30.0 Å². The first-order chi connectivity index (χ1) is 9.35. The molecule has 1 fully saturated rings. The summed E-state index contributed by atoms with van der Waals surface area (Å²) < 4.78 is 11.7. The van der Waals surface area contributed by atoms with Crippen molar-refractivity contribution in [3.8, 4) is 0 Å². The van der Waals surface area contributed by atoms with E-state index in [4.69, 9.17) is 9.26 Å². The number of nitrogens with zero attached hydrogens (tertiary/aromatic N) is 3. The van der Waals surface area contributed by atoms with Crippen LogP contribution in [0.3, 0.4) is 0 Å². The van der Waals surface area contributed by atoms with Gasteiger partial charge in [-0.1, -0.05) is 23.8 Å². The predicted molar refractivity (Wildman–Crippen MR) is 73.8 cm³/mol. The van der Waals surface area contributed by atoms with Crippen LogP contribution in [0.25, 0.3) is 0 Å². The third-order valence-electron chi connectivity index (χ3n) is 2.91. The van der Waals surface area contributed by atoms with Crippen LogP contribution in [0.2, 0.25) is 0 Å². The second-order valence-electron chi connectivity index (χ2n) is 4.32. The molecule has 0 spiro atoms. The van der Waals surface area contributed by atoms with E-state index in [0.29, 0.717) is 24.8 Å². The number of aromatic nitrogens is 3. The van der Waals surface area contributed by atoms with Crippen molar-refractivity contribution in [3.63, 3.8) is 0 Å². The summed E-state index contributed by atoms with van der Waals surface area (Å²) >= 11 is 3.42. The van der Waals surface area contributed by atoms with Crippen molar-refractivity contribution < 1.29 is 9.26 Å². The van der Waals surface area contributed by atoms with Crippen LogP contribution in [0.1, 0.15) is 36.7 Å². The Labute approximate surface area is 119 Å². The molecule has 0 N–H and O–H groups in total. The normalized spacial score (nSPS) is 19.1. The first-order valence-corrected chi connectivity index (χ1v) is 8.19. The van der Waals surface area contributed by atoms with Crippen LogP contribution in [0.5, 0.6) is 0 Å². The molecule has 1 aliphatic rings. The van der Waals surface area contributed by atoms with Crippen LogP contribution in [0, 0.1) is 0 Å². The third kappa shape index (κ3) is 3.16. The van der Waals surface area contributed by atoms with E-state index in [1.54, 1.807) is 23.1 Å². The van der Waals surface area contributed by atoms with Gasteiger partial charge in [-0.05, 0) is 12.2 Å². The highest BCUT2D eigenvalue weighted by molar-refractivity contribution is 8.00. The molecule has 0 bridgehead atoms. The maximum absolute atomic E-state index is 5.33. The average Bonchev–Trinajstić information content (AvgIpc) is 3.10. The van der Waals surface area contributed by atoms with Crippen LogP contribution in [-0.2, 0) is 11.2 Å². The van der Waals surface area contributed by atoms with E-state index in [1.165, 1.54) is 0 Å². The second-order valence-corrected chi connectivity index (χ2v) is 6.69. The Morgan fingerprint density at radius 3 is 3.21 bits per heavy atom. The maximum Gasteiger partial charge on any atom is 0.232 e. The minimum absolute atomic E-state index is 0.291. The lowest BCUT2D eigenvalue weighted by Gasteiger charge is -1.97. The smallest absolute Gasteiger partial charge is 0.232 e. The highest BCUT2D eigenvalue weighted by Crippen LogP contribution is 2.25. The molecule has 3 rings (SSSR count). The van der Waals surface area contributed by atoms with E-state index >= 15 is 0 Å². The molecule has 1 aliphatic heterocycles. The summed E-state index contributed by atoms with van der Waals surface area (Å²) in [6, 6.07) is 0. The van der Waals surface area contributed by atoms with Crippen molar-refractivity contribution in [3.05, 3.63) is 22.8 Å². The molecule has 19 heavy (non-hydrogen) atoms.